The number of amides is 2. The molecule has 0 unspecified atom stereocenters. The van der Waals surface area contributed by atoms with Gasteiger partial charge in [-0.1, -0.05) is 6.07 Å². The molecule has 0 N–H and O–H groups in total. The van der Waals surface area contributed by atoms with E-state index in [2.05, 4.69) is 15.9 Å². The number of imide groups is 1. The van der Waals surface area contributed by atoms with Gasteiger partial charge in [0.2, 0.25) is 0 Å². The number of benzene rings is 1. The standard InChI is InChI=1S/C15H14BrNO5S/c1-3-22-13(18)8-17-14(19)12(23-15(17)20)7-9-4-5-11(21-2)10(16)6-9/h4-7H,3,8H2,1-2H3/b12-7+. The monoisotopic (exact) mass is 399 g/mol. The molecule has 0 spiro atoms. The van der Waals surface area contributed by atoms with E-state index in [-0.39, 0.29) is 18.1 Å². The first-order valence-corrected chi connectivity index (χ1v) is 8.31. The zero-order valence-electron chi connectivity index (χ0n) is 12.5. The second-order valence-corrected chi connectivity index (χ2v) is 6.31. The van der Waals surface area contributed by atoms with Gasteiger partial charge >= 0.3 is 5.97 Å². The molecular formula is C15H14BrNO5S. The van der Waals surface area contributed by atoms with Crippen LogP contribution < -0.4 is 4.74 Å². The number of carbonyl (C=O) groups excluding carboxylic acids is 3. The molecule has 1 saturated heterocycles. The zero-order valence-corrected chi connectivity index (χ0v) is 14.9. The van der Waals surface area contributed by atoms with Gasteiger partial charge in [-0.15, -0.1) is 0 Å². The molecule has 1 aromatic carbocycles. The summed E-state index contributed by atoms with van der Waals surface area (Å²) in [5.74, 6) is -0.444. The smallest absolute Gasteiger partial charge is 0.326 e. The van der Waals surface area contributed by atoms with Crippen LogP contribution in [0.2, 0.25) is 0 Å². The number of nitrogens with zero attached hydrogens (tertiary/aromatic N) is 1. The minimum absolute atomic E-state index is 0.199. The van der Waals surface area contributed by atoms with E-state index in [1.54, 1.807) is 38.3 Å². The highest BCUT2D eigenvalue weighted by molar-refractivity contribution is 9.10. The van der Waals surface area contributed by atoms with Gasteiger partial charge in [0, 0.05) is 0 Å². The van der Waals surface area contributed by atoms with Crippen molar-refractivity contribution in [1.82, 2.24) is 4.90 Å². The van der Waals surface area contributed by atoms with Crippen LogP contribution in [0.4, 0.5) is 4.79 Å². The molecule has 1 fully saturated rings. The number of methoxy groups -OCH3 is 1. The predicted octanol–water partition coefficient (Wildman–Crippen LogP) is 3.06. The van der Waals surface area contributed by atoms with Crippen LogP contribution in [0, 0.1) is 0 Å². The van der Waals surface area contributed by atoms with Crippen LogP contribution >= 0.6 is 27.7 Å². The SMILES string of the molecule is CCOC(=O)CN1C(=O)S/C(=C/c2ccc(OC)c(Br)c2)C1=O. The minimum atomic E-state index is -0.608. The van der Waals surface area contributed by atoms with Crippen LogP contribution in [0.5, 0.6) is 5.75 Å². The maximum absolute atomic E-state index is 12.2. The summed E-state index contributed by atoms with van der Waals surface area (Å²) < 4.78 is 10.6. The number of thioether (sulfide) groups is 1. The third kappa shape index (κ3) is 4.14. The maximum atomic E-state index is 12.2. The van der Waals surface area contributed by atoms with Gasteiger partial charge in [-0.25, -0.2) is 0 Å². The van der Waals surface area contributed by atoms with Gasteiger partial charge in [-0.2, -0.15) is 0 Å². The molecule has 23 heavy (non-hydrogen) atoms. The highest BCUT2D eigenvalue weighted by Crippen LogP contribution is 2.33. The number of carbonyl (C=O) groups is 3. The van der Waals surface area contributed by atoms with Crippen molar-refractivity contribution in [2.75, 3.05) is 20.3 Å². The third-order valence-electron chi connectivity index (χ3n) is 2.94. The molecule has 0 atom stereocenters. The quantitative estimate of drug-likeness (QED) is 0.559. The van der Waals surface area contributed by atoms with Crippen molar-refractivity contribution < 1.29 is 23.9 Å². The summed E-state index contributed by atoms with van der Waals surface area (Å²) >= 11 is 4.16. The van der Waals surface area contributed by atoms with Crippen LogP contribution in [0.15, 0.2) is 27.6 Å². The topological polar surface area (TPSA) is 72.9 Å². The van der Waals surface area contributed by atoms with E-state index in [9.17, 15) is 14.4 Å². The highest BCUT2D eigenvalue weighted by atomic mass is 79.9. The van der Waals surface area contributed by atoms with Crippen molar-refractivity contribution in [1.29, 1.82) is 0 Å². The Balaban J connectivity index is 2.18. The molecule has 0 radical (unpaired) electrons. The van der Waals surface area contributed by atoms with Crippen LogP contribution in [0.25, 0.3) is 6.08 Å². The fourth-order valence-electron chi connectivity index (χ4n) is 1.90. The van der Waals surface area contributed by atoms with E-state index in [1.165, 1.54) is 0 Å². The second kappa shape index (κ2) is 7.65. The Morgan fingerprint density at radius 2 is 2.13 bits per heavy atom. The third-order valence-corrected chi connectivity index (χ3v) is 4.47. The second-order valence-electron chi connectivity index (χ2n) is 4.47. The van der Waals surface area contributed by atoms with Crippen LogP contribution in [0.1, 0.15) is 12.5 Å². The Kier molecular flexibility index (Phi) is 5.84. The van der Waals surface area contributed by atoms with E-state index in [1.807, 2.05) is 0 Å². The molecule has 1 heterocycles. The van der Waals surface area contributed by atoms with Gasteiger partial charge < -0.3 is 9.47 Å². The molecule has 122 valence electrons. The van der Waals surface area contributed by atoms with E-state index in [0.717, 1.165) is 26.7 Å². The Labute approximate surface area is 145 Å². The van der Waals surface area contributed by atoms with E-state index < -0.39 is 17.1 Å². The van der Waals surface area contributed by atoms with Crippen molar-refractivity contribution >= 4 is 50.9 Å². The van der Waals surface area contributed by atoms with E-state index in [4.69, 9.17) is 9.47 Å². The summed E-state index contributed by atoms with van der Waals surface area (Å²) in [6.45, 7) is 1.49. The molecule has 2 amide bonds. The molecule has 1 aliphatic heterocycles. The first-order valence-electron chi connectivity index (χ1n) is 6.70. The largest absolute Gasteiger partial charge is 0.496 e. The lowest BCUT2D eigenvalue weighted by Crippen LogP contribution is -2.34. The van der Waals surface area contributed by atoms with Gasteiger partial charge in [-0.05, 0) is 58.4 Å². The Morgan fingerprint density at radius 3 is 2.74 bits per heavy atom. The van der Waals surface area contributed by atoms with Crippen molar-refractivity contribution in [3.05, 3.63) is 33.1 Å². The average Bonchev–Trinajstić information content (AvgIpc) is 2.75. The van der Waals surface area contributed by atoms with Gasteiger partial charge in [0.25, 0.3) is 11.1 Å². The average molecular weight is 400 g/mol. The van der Waals surface area contributed by atoms with E-state index >= 15 is 0 Å². The number of ether oxygens (including phenoxy) is 2. The summed E-state index contributed by atoms with van der Waals surface area (Å²) in [4.78, 5) is 36.7. The molecular weight excluding hydrogens is 386 g/mol. The van der Waals surface area contributed by atoms with Gasteiger partial charge in [-0.3, -0.25) is 19.3 Å². The zero-order chi connectivity index (χ0) is 17.0. The van der Waals surface area contributed by atoms with Crippen molar-refractivity contribution in [2.24, 2.45) is 0 Å². The Hall–Kier alpha value is -1.80. The van der Waals surface area contributed by atoms with Crippen LogP contribution in [-0.4, -0.2) is 42.3 Å². The number of hydrogen-bond donors (Lipinski definition) is 0. The molecule has 1 aromatic rings. The summed E-state index contributed by atoms with van der Waals surface area (Å²) in [6.07, 6.45) is 1.60. The molecule has 8 heteroatoms. The predicted molar refractivity (Wildman–Crippen MR) is 90.0 cm³/mol. The molecule has 0 bridgehead atoms. The number of hydrogen-bond acceptors (Lipinski definition) is 6. The lowest BCUT2D eigenvalue weighted by atomic mass is 10.2. The first kappa shape index (κ1) is 17.6. The maximum Gasteiger partial charge on any atom is 0.326 e. The van der Waals surface area contributed by atoms with Crippen molar-refractivity contribution in [3.63, 3.8) is 0 Å². The van der Waals surface area contributed by atoms with Gasteiger partial charge in [0.1, 0.15) is 12.3 Å². The lowest BCUT2D eigenvalue weighted by molar-refractivity contribution is -0.145. The van der Waals surface area contributed by atoms with Gasteiger partial charge in [0.15, 0.2) is 0 Å². The minimum Gasteiger partial charge on any atom is -0.496 e. The van der Waals surface area contributed by atoms with Crippen molar-refractivity contribution in [3.8, 4) is 5.75 Å². The normalized spacial score (nSPS) is 16.1. The Bertz CT molecular complexity index is 688. The molecule has 2 rings (SSSR count). The van der Waals surface area contributed by atoms with Gasteiger partial charge in [0.05, 0.1) is 23.1 Å². The molecule has 1 aliphatic rings. The Morgan fingerprint density at radius 1 is 1.39 bits per heavy atom. The fourth-order valence-corrected chi connectivity index (χ4v) is 3.29. The molecule has 0 saturated carbocycles. The summed E-state index contributed by atoms with van der Waals surface area (Å²) in [7, 11) is 1.56. The van der Waals surface area contributed by atoms with Crippen LogP contribution in [-0.2, 0) is 14.3 Å². The first-order chi connectivity index (χ1) is 11.0. The molecule has 0 aromatic heterocycles. The summed E-state index contributed by atoms with van der Waals surface area (Å²) in [5, 5.41) is -0.484. The number of halogens is 1. The lowest BCUT2D eigenvalue weighted by Gasteiger charge is -2.10. The van der Waals surface area contributed by atoms with Crippen molar-refractivity contribution in [2.45, 2.75) is 6.92 Å². The molecule has 0 aliphatic carbocycles. The molecule has 6 nitrogen and oxygen atoms in total. The highest BCUT2D eigenvalue weighted by Gasteiger charge is 2.36. The summed E-state index contributed by atoms with van der Waals surface area (Å²) in [5.41, 5.74) is 0.735. The summed E-state index contributed by atoms with van der Waals surface area (Å²) in [6, 6.07) is 5.29. The fraction of sp³-hybridized carbons (Fsp3) is 0.267. The van der Waals surface area contributed by atoms with Crippen LogP contribution in [0.3, 0.4) is 0 Å². The number of rotatable bonds is 5. The van der Waals surface area contributed by atoms with E-state index in [0.29, 0.717) is 5.75 Å². The number of esters is 1.